The van der Waals surface area contributed by atoms with Crippen LogP contribution in [0.1, 0.15) is 25.0 Å². The highest BCUT2D eigenvalue weighted by molar-refractivity contribution is 6.13. The van der Waals surface area contributed by atoms with Gasteiger partial charge >= 0.3 is 0 Å². The maximum absolute atomic E-state index is 6.60. The monoisotopic (exact) mass is 717 g/mol. The third-order valence-electron chi connectivity index (χ3n) is 11.5. The maximum Gasteiger partial charge on any atom is 0.164 e. The number of hydrogen-bond donors (Lipinski definition) is 0. The quantitative estimate of drug-likeness (QED) is 0.178. The van der Waals surface area contributed by atoms with Crippen LogP contribution in [0.5, 0.6) is 0 Å². The lowest BCUT2D eigenvalue weighted by Gasteiger charge is -2.24. The Bertz CT molecular complexity index is 3160. The van der Waals surface area contributed by atoms with E-state index in [9.17, 15) is 0 Å². The topological polar surface area (TPSA) is 51.8 Å². The van der Waals surface area contributed by atoms with E-state index in [1.54, 1.807) is 0 Å². The molecule has 0 bridgehead atoms. The van der Waals surface area contributed by atoms with Crippen molar-refractivity contribution in [2.75, 3.05) is 0 Å². The van der Waals surface area contributed by atoms with Gasteiger partial charge in [0.2, 0.25) is 0 Å². The minimum Gasteiger partial charge on any atom is -0.456 e. The van der Waals surface area contributed by atoms with Gasteiger partial charge in [-0.25, -0.2) is 15.0 Å². The van der Waals surface area contributed by atoms with Crippen molar-refractivity contribution in [3.05, 3.63) is 187 Å². The molecule has 0 radical (unpaired) electrons. The van der Waals surface area contributed by atoms with E-state index < -0.39 is 0 Å². The first-order chi connectivity index (χ1) is 27.5. The van der Waals surface area contributed by atoms with Gasteiger partial charge in [-0.05, 0) is 79.5 Å². The predicted octanol–water partition coefficient (Wildman–Crippen LogP) is 13.6. The molecule has 264 valence electrons. The molecule has 2 heterocycles. The molecular weight excluding hydrogens is 683 g/mol. The molecular formula is C52H35N3O. The first kappa shape index (κ1) is 32.3. The Morgan fingerprint density at radius 2 is 0.982 bits per heavy atom. The first-order valence-corrected chi connectivity index (χ1v) is 19.1. The second-order valence-corrected chi connectivity index (χ2v) is 15.2. The molecule has 0 atom stereocenters. The van der Waals surface area contributed by atoms with Gasteiger partial charge in [-0.2, -0.15) is 0 Å². The van der Waals surface area contributed by atoms with Crippen LogP contribution < -0.4 is 0 Å². The third-order valence-corrected chi connectivity index (χ3v) is 11.5. The molecule has 0 spiro atoms. The van der Waals surface area contributed by atoms with E-state index in [0.717, 1.165) is 55.1 Å². The summed E-state index contributed by atoms with van der Waals surface area (Å²) in [6, 6.07) is 61.9. The zero-order valence-corrected chi connectivity index (χ0v) is 31.0. The fourth-order valence-corrected chi connectivity index (χ4v) is 8.80. The summed E-state index contributed by atoms with van der Waals surface area (Å²) < 4.78 is 6.60. The molecule has 2 aromatic heterocycles. The molecule has 11 rings (SSSR count). The Morgan fingerprint density at radius 1 is 0.393 bits per heavy atom. The molecule has 0 amide bonds. The number of hydrogen-bond acceptors (Lipinski definition) is 4. The summed E-state index contributed by atoms with van der Waals surface area (Å²) in [6.07, 6.45) is 0. The second kappa shape index (κ2) is 12.4. The molecule has 56 heavy (non-hydrogen) atoms. The molecule has 1 aliphatic rings. The third kappa shape index (κ3) is 5.10. The van der Waals surface area contributed by atoms with Crippen LogP contribution in [0.4, 0.5) is 0 Å². The fraction of sp³-hybridized carbons (Fsp3) is 0.0577. The summed E-state index contributed by atoms with van der Waals surface area (Å²) in [7, 11) is 0. The molecule has 0 N–H and O–H groups in total. The SMILES string of the molecule is CC1(C)c2ccccc2-c2cccc(-c3nc(-c4ccc5ccccc5c4)nc(-c4ccc5c(c4)oc4cccc(-c6ccc(-c7ccccc7)cc6)c45)n3)c21. The normalized spacial score (nSPS) is 13.0. The van der Waals surface area contributed by atoms with E-state index >= 15 is 0 Å². The fourth-order valence-electron chi connectivity index (χ4n) is 8.80. The van der Waals surface area contributed by atoms with Crippen molar-refractivity contribution in [1.82, 2.24) is 15.0 Å². The Labute approximate surface area is 324 Å². The molecule has 1 aliphatic carbocycles. The lowest BCUT2D eigenvalue weighted by atomic mass is 9.80. The van der Waals surface area contributed by atoms with Crippen LogP contribution in [0, 0.1) is 0 Å². The first-order valence-electron chi connectivity index (χ1n) is 19.1. The van der Waals surface area contributed by atoms with E-state index in [1.807, 2.05) is 12.1 Å². The molecule has 0 aliphatic heterocycles. The minimum absolute atomic E-state index is 0.231. The van der Waals surface area contributed by atoms with Crippen LogP contribution in [0.2, 0.25) is 0 Å². The van der Waals surface area contributed by atoms with Gasteiger partial charge in [-0.3, -0.25) is 0 Å². The highest BCUT2D eigenvalue weighted by Gasteiger charge is 2.38. The Hall–Kier alpha value is -7.17. The minimum atomic E-state index is -0.231. The van der Waals surface area contributed by atoms with Gasteiger partial charge in [0.15, 0.2) is 17.5 Å². The van der Waals surface area contributed by atoms with Gasteiger partial charge in [0, 0.05) is 32.9 Å². The van der Waals surface area contributed by atoms with Crippen LogP contribution in [0.25, 0.3) is 100 Å². The molecule has 0 unspecified atom stereocenters. The summed E-state index contributed by atoms with van der Waals surface area (Å²) in [4.78, 5) is 15.7. The van der Waals surface area contributed by atoms with Crippen molar-refractivity contribution in [3.63, 3.8) is 0 Å². The van der Waals surface area contributed by atoms with Gasteiger partial charge < -0.3 is 4.42 Å². The summed E-state index contributed by atoms with van der Waals surface area (Å²) in [6.45, 7) is 4.60. The van der Waals surface area contributed by atoms with Crippen molar-refractivity contribution in [1.29, 1.82) is 0 Å². The van der Waals surface area contributed by atoms with Crippen molar-refractivity contribution < 1.29 is 4.42 Å². The van der Waals surface area contributed by atoms with Crippen molar-refractivity contribution >= 4 is 32.7 Å². The number of aromatic nitrogens is 3. The largest absolute Gasteiger partial charge is 0.456 e. The Balaban J connectivity index is 1.07. The van der Waals surface area contributed by atoms with E-state index in [-0.39, 0.29) is 5.41 Å². The average Bonchev–Trinajstić information content (AvgIpc) is 3.75. The molecule has 0 saturated heterocycles. The van der Waals surface area contributed by atoms with E-state index in [4.69, 9.17) is 19.4 Å². The molecule has 10 aromatic rings. The highest BCUT2D eigenvalue weighted by Crippen LogP contribution is 2.52. The zero-order valence-electron chi connectivity index (χ0n) is 31.0. The van der Waals surface area contributed by atoms with Crippen molar-refractivity contribution in [2.45, 2.75) is 19.3 Å². The maximum atomic E-state index is 6.60. The molecule has 4 heteroatoms. The lowest BCUT2D eigenvalue weighted by molar-refractivity contribution is 0.661. The lowest BCUT2D eigenvalue weighted by Crippen LogP contribution is -2.17. The Morgan fingerprint density at radius 3 is 1.82 bits per heavy atom. The Kier molecular flexibility index (Phi) is 7.17. The molecule has 4 nitrogen and oxygen atoms in total. The van der Waals surface area contributed by atoms with E-state index in [0.29, 0.717) is 17.5 Å². The summed E-state index contributed by atoms with van der Waals surface area (Å²) >= 11 is 0. The average molecular weight is 718 g/mol. The number of nitrogens with zero attached hydrogens (tertiary/aromatic N) is 3. The smallest absolute Gasteiger partial charge is 0.164 e. The second-order valence-electron chi connectivity index (χ2n) is 15.2. The van der Waals surface area contributed by atoms with Crippen LogP contribution in [0.3, 0.4) is 0 Å². The summed E-state index contributed by atoms with van der Waals surface area (Å²) in [5.74, 6) is 1.89. The van der Waals surface area contributed by atoms with Gasteiger partial charge in [0.25, 0.3) is 0 Å². The number of fused-ring (bicyclic) bond motifs is 7. The molecule has 0 fully saturated rings. The van der Waals surface area contributed by atoms with Gasteiger partial charge in [0.05, 0.1) is 0 Å². The van der Waals surface area contributed by atoms with Gasteiger partial charge in [-0.15, -0.1) is 0 Å². The zero-order chi connectivity index (χ0) is 37.4. The number of furan rings is 1. The number of rotatable bonds is 5. The van der Waals surface area contributed by atoms with E-state index in [2.05, 4.69) is 178 Å². The van der Waals surface area contributed by atoms with Gasteiger partial charge in [0.1, 0.15) is 11.2 Å². The van der Waals surface area contributed by atoms with Crippen LogP contribution in [0.15, 0.2) is 180 Å². The summed E-state index contributed by atoms with van der Waals surface area (Å²) in [5.41, 5.74) is 13.9. The van der Waals surface area contributed by atoms with Crippen molar-refractivity contribution in [2.24, 2.45) is 0 Å². The molecule has 8 aromatic carbocycles. The summed E-state index contributed by atoms with van der Waals surface area (Å²) in [5, 5.41) is 4.46. The molecule has 0 saturated carbocycles. The van der Waals surface area contributed by atoms with Crippen LogP contribution >= 0.6 is 0 Å². The van der Waals surface area contributed by atoms with Gasteiger partial charge in [-0.1, -0.05) is 166 Å². The standard InChI is InChI=1S/C52H35N3O/c1-52(2)44-20-9-8-16-40(44)41-18-10-19-43(48(41)52)51-54-49(37-27-24-33-14-6-7-15-36(33)30-37)53-50(55-51)38-28-29-42-46(31-38)56-45-21-11-17-39(47(42)45)35-25-22-34(23-26-35)32-12-4-3-5-13-32/h3-31H,1-2H3. The predicted molar refractivity (Wildman–Crippen MR) is 229 cm³/mol. The van der Waals surface area contributed by atoms with Crippen molar-refractivity contribution in [3.8, 4) is 67.5 Å². The van der Waals surface area contributed by atoms with Crippen LogP contribution in [-0.4, -0.2) is 15.0 Å². The van der Waals surface area contributed by atoms with E-state index in [1.165, 1.54) is 38.8 Å². The highest BCUT2D eigenvalue weighted by atomic mass is 16.3. The number of benzene rings is 8. The van der Waals surface area contributed by atoms with Crippen LogP contribution in [-0.2, 0) is 5.41 Å².